The first-order valence-electron chi connectivity index (χ1n) is 8.74. The highest BCUT2D eigenvalue weighted by Crippen LogP contribution is 2.30. The molecule has 2 atom stereocenters. The van der Waals surface area contributed by atoms with E-state index in [1.807, 2.05) is 4.90 Å². The summed E-state index contributed by atoms with van der Waals surface area (Å²) in [5.41, 5.74) is 0. The zero-order chi connectivity index (χ0) is 14.7. The number of nitrogens with one attached hydrogen (secondary N) is 1. The largest absolute Gasteiger partial charge is 0.340 e. The third kappa shape index (κ3) is 3.58. The lowest BCUT2D eigenvalue weighted by molar-refractivity contribution is -0.132. The molecule has 3 aliphatic rings. The molecule has 0 saturated carbocycles. The predicted molar refractivity (Wildman–Crippen MR) is 84.3 cm³/mol. The molecule has 3 saturated heterocycles. The van der Waals surface area contributed by atoms with Crippen molar-refractivity contribution in [1.82, 2.24) is 20.0 Å². The number of amides is 1. The van der Waals surface area contributed by atoms with Crippen LogP contribution in [-0.2, 0) is 4.79 Å². The third-order valence-corrected chi connectivity index (χ3v) is 5.52. The predicted octanol–water partition coefficient (Wildman–Crippen LogP) is 0.367. The van der Waals surface area contributed by atoms with Crippen molar-refractivity contribution in [2.45, 2.75) is 44.7 Å². The molecule has 3 fully saturated rings. The number of carbonyl (C=O) groups excluding carboxylic acids is 1. The molecule has 120 valence electrons. The summed E-state index contributed by atoms with van der Waals surface area (Å²) in [5.74, 6) is 0.354. The molecule has 3 rings (SSSR count). The van der Waals surface area contributed by atoms with Crippen molar-refractivity contribution in [2.24, 2.45) is 0 Å². The average molecular weight is 294 g/mol. The van der Waals surface area contributed by atoms with Gasteiger partial charge in [-0.25, -0.2) is 0 Å². The Kier molecular flexibility index (Phi) is 5.14. The molecule has 1 amide bonds. The molecule has 5 nitrogen and oxygen atoms in total. The number of carbonyl (C=O) groups is 1. The molecule has 5 heteroatoms. The Morgan fingerprint density at radius 1 is 1.10 bits per heavy atom. The van der Waals surface area contributed by atoms with E-state index in [4.69, 9.17) is 0 Å². The smallest absolute Gasteiger partial charge is 0.223 e. The fourth-order valence-electron chi connectivity index (χ4n) is 4.19. The van der Waals surface area contributed by atoms with Crippen LogP contribution in [0.5, 0.6) is 0 Å². The van der Waals surface area contributed by atoms with Gasteiger partial charge in [-0.05, 0) is 32.4 Å². The monoisotopic (exact) mass is 294 g/mol. The van der Waals surface area contributed by atoms with E-state index in [1.54, 1.807) is 0 Å². The van der Waals surface area contributed by atoms with Crippen LogP contribution < -0.4 is 5.32 Å². The first-order chi connectivity index (χ1) is 10.3. The highest BCUT2D eigenvalue weighted by atomic mass is 16.2. The minimum Gasteiger partial charge on any atom is -0.340 e. The van der Waals surface area contributed by atoms with Gasteiger partial charge in [0, 0.05) is 57.8 Å². The molecule has 0 aromatic heterocycles. The molecular weight excluding hydrogens is 264 g/mol. The minimum absolute atomic E-state index is 0.354. The molecule has 0 aliphatic carbocycles. The molecular formula is C16H30N4O. The van der Waals surface area contributed by atoms with Crippen LogP contribution in [0.2, 0.25) is 0 Å². The van der Waals surface area contributed by atoms with Crippen molar-refractivity contribution in [3.05, 3.63) is 0 Å². The minimum atomic E-state index is 0.354. The Morgan fingerprint density at radius 2 is 1.86 bits per heavy atom. The highest BCUT2D eigenvalue weighted by Gasteiger charge is 2.36. The summed E-state index contributed by atoms with van der Waals surface area (Å²) in [6.07, 6.45) is 4.65. The highest BCUT2D eigenvalue weighted by molar-refractivity contribution is 5.76. The summed E-state index contributed by atoms with van der Waals surface area (Å²) < 4.78 is 0. The summed E-state index contributed by atoms with van der Waals surface area (Å²) in [6, 6.07) is 1.41. The lowest BCUT2D eigenvalue weighted by Gasteiger charge is -2.31. The van der Waals surface area contributed by atoms with Gasteiger partial charge < -0.3 is 15.1 Å². The molecule has 3 heterocycles. The van der Waals surface area contributed by atoms with Crippen LogP contribution >= 0.6 is 0 Å². The van der Waals surface area contributed by atoms with Crippen LogP contribution in [0.15, 0.2) is 0 Å². The van der Waals surface area contributed by atoms with E-state index in [9.17, 15) is 4.79 Å². The Balaban J connectivity index is 1.51. The van der Waals surface area contributed by atoms with Crippen molar-refractivity contribution in [2.75, 3.05) is 52.4 Å². The van der Waals surface area contributed by atoms with Crippen molar-refractivity contribution >= 4 is 5.91 Å². The zero-order valence-electron chi connectivity index (χ0n) is 13.4. The van der Waals surface area contributed by atoms with Crippen molar-refractivity contribution in [3.63, 3.8) is 0 Å². The van der Waals surface area contributed by atoms with Crippen molar-refractivity contribution in [3.8, 4) is 0 Å². The van der Waals surface area contributed by atoms with E-state index in [0.29, 0.717) is 18.4 Å². The van der Waals surface area contributed by atoms with Crippen LogP contribution in [0.4, 0.5) is 0 Å². The van der Waals surface area contributed by atoms with Crippen molar-refractivity contribution in [1.29, 1.82) is 0 Å². The first kappa shape index (κ1) is 15.3. The maximum atomic E-state index is 12.3. The van der Waals surface area contributed by atoms with Crippen LogP contribution in [0.1, 0.15) is 32.6 Å². The summed E-state index contributed by atoms with van der Waals surface area (Å²) in [5, 5.41) is 3.31. The van der Waals surface area contributed by atoms with E-state index < -0.39 is 0 Å². The second kappa shape index (κ2) is 7.07. The SMILES string of the molecule is CCN1CCC2CCC(C1)N2CCC(=O)N1CCNCC1. The third-order valence-electron chi connectivity index (χ3n) is 5.52. The lowest BCUT2D eigenvalue weighted by atomic mass is 10.1. The van der Waals surface area contributed by atoms with E-state index in [-0.39, 0.29) is 0 Å². The maximum absolute atomic E-state index is 12.3. The number of fused-ring (bicyclic) bond motifs is 2. The van der Waals surface area contributed by atoms with Gasteiger partial charge in [0.15, 0.2) is 0 Å². The second-order valence-corrected chi connectivity index (χ2v) is 6.69. The lowest BCUT2D eigenvalue weighted by Crippen LogP contribution is -2.47. The summed E-state index contributed by atoms with van der Waals surface area (Å²) >= 11 is 0. The van der Waals surface area contributed by atoms with Crippen LogP contribution in [-0.4, -0.2) is 85.0 Å². The number of nitrogens with zero attached hydrogens (tertiary/aromatic N) is 3. The van der Waals surface area contributed by atoms with E-state index in [1.165, 1.54) is 32.4 Å². The molecule has 0 spiro atoms. The molecule has 2 bridgehead atoms. The number of hydrogen-bond donors (Lipinski definition) is 1. The number of likely N-dealkylation sites (tertiary alicyclic amines) is 1. The molecule has 0 radical (unpaired) electrons. The molecule has 3 aliphatic heterocycles. The quantitative estimate of drug-likeness (QED) is 0.813. The fraction of sp³-hybridized carbons (Fsp3) is 0.938. The number of hydrogen-bond acceptors (Lipinski definition) is 4. The number of likely N-dealkylation sites (N-methyl/N-ethyl adjacent to an activating group) is 1. The number of rotatable bonds is 4. The Bertz CT molecular complexity index is 356. The molecule has 0 aromatic carbocycles. The normalized spacial score (nSPS) is 31.4. The van der Waals surface area contributed by atoms with Crippen LogP contribution in [0.3, 0.4) is 0 Å². The second-order valence-electron chi connectivity index (χ2n) is 6.69. The van der Waals surface area contributed by atoms with Crippen molar-refractivity contribution < 1.29 is 4.79 Å². The fourth-order valence-corrected chi connectivity index (χ4v) is 4.19. The Hall–Kier alpha value is -0.650. The summed E-state index contributed by atoms with van der Waals surface area (Å²) in [7, 11) is 0. The van der Waals surface area contributed by atoms with E-state index in [0.717, 1.165) is 45.3 Å². The Labute approximate surface area is 128 Å². The van der Waals surface area contributed by atoms with Gasteiger partial charge in [-0.3, -0.25) is 9.69 Å². The zero-order valence-corrected chi connectivity index (χ0v) is 13.4. The maximum Gasteiger partial charge on any atom is 0.223 e. The van der Waals surface area contributed by atoms with E-state index in [2.05, 4.69) is 22.0 Å². The van der Waals surface area contributed by atoms with Gasteiger partial charge in [-0.1, -0.05) is 6.92 Å². The molecule has 21 heavy (non-hydrogen) atoms. The van der Waals surface area contributed by atoms with Gasteiger partial charge in [0.05, 0.1) is 0 Å². The summed E-state index contributed by atoms with van der Waals surface area (Å²) in [6.45, 7) is 10.5. The standard InChI is InChI=1S/C16H30N4O/c1-2-18-9-5-14-3-4-15(13-18)20(14)10-6-16(21)19-11-7-17-8-12-19/h14-15,17H,2-13H2,1H3. The van der Waals surface area contributed by atoms with Gasteiger partial charge in [-0.15, -0.1) is 0 Å². The van der Waals surface area contributed by atoms with Gasteiger partial charge in [-0.2, -0.15) is 0 Å². The van der Waals surface area contributed by atoms with Gasteiger partial charge in [0.25, 0.3) is 0 Å². The van der Waals surface area contributed by atoms with Gasteiger partial charge in [0.1, 0.15) is 0 Å². The molecule has 0 aromatic rings. The summed E-state index contributed by atoms with van der Waals surface area (Å²) in [4.78, 5) is 19.6. The van der Waals surface area contributed by atoms with Gasteiger partial charge >= 0.3 is 0 Å². The first-order valence-corrected chi connectivity index (χ1v) is 8.74. The van der Waals surface area contributed by atoms with E-state index >= 15 is 0 Å². The average Bonchev–Trinajstić information content (AvgIpc) is 2.80. The van der Waals surface area contributed by atoms with Crippen LogP contribution in [0.25, 0.3) is 0 Å². The van der Waals surface area contributed by atoms with Gasteiger partial charge in [0.2, 0.25) is 5.91 Å². The molecule has 2 unspecified atom stereocenters. The number of piperazine rings is 1. The van der Waals surface area contributed by atoms with Crippen LogP contribution in [0, 0.1) is 0 Å². The molecule has 1 N–H and O–H groups in total. The topological polar surface area (TPSA) is 38.8 Å². The Morgan fingerprint density at radius 3 is 2.62 bits per heavy atom.